The number of halogens is 2. The average Bonchev–Trinajstić information content (AvgIpc) is 2.77. The SMILES string of the molecule is Cc1cc(C(=O)NCC(Cl)c2ccccc2)sc1Br. The number of hydrogen-bond donors (Lipinski definition) is 1. The molecular weight excluding hydrogens is 346 g/mol. The van der Waals surface area contributed by atoms with Gasteiger partial charge >= 0.3 is 0 Å². The number of aryl methyl sites for hydroxylation is 1. The largest absolute Gasteiger partial charge is 0.350 e. The molecule has 1 aromatic carbocycles. The van der Waals surface area contributed by atoms with Gasteiger partial charge in [0.25, 0.3) is 5.91 Å². The van der Waals surface area contributed by atoms with Crippen LogP contribution in [0.25, 0.3) is 0 Å². The van der Waals surface area contributed by atoms with Crippen LogP contribution in [0.2, 0.25) is 0 Å². The molecule has 2 aromatic rings. The standard InChI is InChI=1S/C14H13BrClNOS/c1-9-7-12(19-13(9)15)14(18)17-8-11(16)10-5-3-2-4-6-10/h2-7,11H,8H2,1H3,(H,17,18). The van der Waals surface area contributed by atoms with Crippen LogP contribution in [-0.2, 0) is 0 Å². The van der Waals surface area contributed by atoms with Crippen molar-refractivity contribution in [1.82, 2.24) is 5.32 Å². The molecule has 5 heteroatoms. The van der Waals surface area contributed by atoms with Crippen LogP contribution in [0.1, 0.15) is 26.2 Å². The van der Waals surface area contributed by atoms with Gasteiger partial charge in [0.1, 0.15) is 0 Å². The number of alkyl halides is 1. The Hall–Kier alpha value is -0.840. The summed E-state index contributed by atoms with van der Waals surface area (Å²) in [5.41, 5.74) is 2.08. The Bertz CT molecular complexity index is 551. The van der Waals surface area contributed by atoms with Gasteiger partial charge in [0.15, 0.2) is 0 Å². The van der Waals surface area contributed by atoms with Crippen LogP contribution in [0.5, 0.6) is 0 Å². The molecule has 1 atom stereocenters. The lowest BCUT2D eigenvalue weighted by atomic mass is 10.1. The van der Waals surface area contributed by atoms with Crippen LogP contribution in [0.4, 0.5) is 0 Å². The second-order valence-electron chi connectivity index (χ2n) is 4.16. The zero-order chi connectivity index (χ0) is 13.8. The zero-order valence-corrected chi connectivity index (χ0v) is 13.5. The number of benzene rings is 1. The summed E-state index contributed by atoms with van der Waals surface area (Å²) in [7, 11) is 0. The number of nitrogens with one attached hydrogen (secondary N) is 1. The summed E-state index contributed by atoms with van der Waals surface area (Å²) < 4.78 is 0.989. The molecule has 1 aromatic heterocycles. The van der Waals surface area contributed by atoms with Crippen molar-refractivity contribution in [2.45, 2.75) is 12.3 Å². The fraction of sp³-hybridized carbons (Fsp3) is 0.214. The molecule has 0 saturated carbocycles. The molecule has 0 aliphatic heterocycles. The van der Waals surface area contributed by atoms with Gasteiger partial charge in [0, 0.05) is 6.54 Å². The molecule has 0 spiro atoms. The minimum atomic E-state index is -0.213. The lowest BCUT2D eigenvalue weighted by Crippen LogP contribution is -2.26. The van der Waals surface area contributed by atoms with E-state index in [9.17, 15) is 4.79 Å². The van der Waals surface area contributed by atoms with Crippen molar-refractivity contribution in [3.8, 4) is 0 Å². The summed E-state index contributed by atoms with van der Waals surface area (Å²) in [6, 6.07) is 11.6. The maximum atomic E-state index is 12.0. The summed E-state index contributed by atoms with van der Waals surface area (Å²) in [5, 5.41) is 2.64. The maximum Gasteiger partial charge on any atom is 0.261 e. The predicted octanol–water partition coefficient (Wildman–Crippen LogP) is 4.53. The number of carbonyl (C=O) groups is 1. The summed E-state index contributed by atoms with van der Waals surface area (Å²) in [5.74, 6) is -0.0830. The van der Waals surface area contributed by atoms with Crippen molar-refractivity contribution in [3.63, 3.8) is 0 Å². The van der Waals surface area contributed by atoms with Crippen molar-refractivity contribution in [3.05, 3.63) is 56.2 Å². The Labute approximate surface area is 129 Å². The van der Waals surface area contributed by atoms with Gasteiger partial charge in [-0.1, -0.05) is 30.3 Å². The number of carbonyl (C=O) groups excluding carboxylic acids is 1. The van der Waals surface area contributed by atoms with Crippen LogP contribution >= 0.6 is 38.9 Å². The lowest BCUT2D eigenvalue weighted by molar-refractivity contribution is 0.0957. The molecular formula is C14H13BrClNOS. The molecule has 0 radical (unpaired) electrons. The molecule has 1 unspecified atom stereocenters. The monoisotopic (exact) mass is 357 g/mol. The average molecular weight is 359 g/mol. The van der Waals surface area contributed by atoms with Crippen molar-refractivity contribution < 1.29 is 4.79 Å². The first-order valence-corrected chi connectivity index (χ1v) is 7.85. The Morgan fingerprint density at radius 1 is 1.42 bits per heavy atom. The van der Waals surface area contributed by atoms with E-state index in [-0.39, 0.29) is 11.3 Å². The van der Waals surface area contributed by atoms with Crippen molar-refractivity contribution >= 4 is 44.8 Å². The molecule has 0 bridgehead atoms. The molecule has 1 heterocycles. The summed E-state index contributed by atoms with van der Waals surface area (Å²) in [6.45, 7) is 2.38. The molecule has 0 fully saturated rings. The number of thiophene rings is 1. The molecule has 1 amide bonds. The third kappa shape index (κ3) is 3.81. The maximum absolute atomic E-state index is 12.0. The second-order valence-corrected chi connectivity index (χ2v) is 7.05. The van der Waals surface area contributed by atoms with Crippen molar-refractivity contribution in [2.75, 3.05) is 6.54 Å². The zero-order valence-electron chi connectivity index (χ0n) is 10.3. The van der Waals surface area contributed by atoms with Crippen LogP contribution in [0.15, 0.2) is 40.2 Å². The Morgan fingerprint density at radius 3 is 2.68 bits per heavy atom. The number of rotatable bonds is 4. The predicted molar refractivity (Wildman–Crippen MR) is 84.1 cm³/mol. The first kappa shape index (κ1) is 14.6. The van der Waals surface area contributed by atoms with Gasteiger partial charge in [-0.05, 0) is 40.0 Å². The van der Waals surface area contributed by atoms with E-state index in [0.717, 1.165) is 14.9 Å². The van der Waals surface area contributed by atoms with Gasteiger partial charge in [-0.25, -0.2) is 0 Å². The van der Waals surface area contributed by atoms with E-state index in [1.807, 2.05) is 43.3 Å². The minimum absolute atomic E-state index is 0.0830. The second kappa shape index (κ2) is 6.55. The third-order valence-corrected chi connectivity index (χ3v) is 5.23. The van der Waals surface area contributed by atoms with E-state index in [1.165, 1.54) is 11.3 Å². The summed E-state index contributed by atoms with van der Waals surface area (Å²) in [6.07, 6.45) is 0. The highest BCUT2D eigenvalue weighted by molar-refractivity contribution is 9.11. The molecule has 0 aliphatic rings. The van der Waals surface area contributed by atoms with Gasteiger partial charge in [0.05, 0.1) is 14.0 Å². The van der Waals surface area contributed by atoms with Crippen molar-refractivity contribution in [2.24, 2.45) is 0 Å². The van der Waals surface area contributed by atoms with Gasteiger partial charge in [-0.15, -0.1) is 22.9 Å². The highest BCUT2D eigenvalue weighted by atomic mass is 79.9. The molecule has 100 valence electrons. The summed E-state index contributed by atoms with van der Waals surface area (Å²) >= 11 is 11.1. The smallest absolute Gasteiger partial charge is 0.261 e. The van der Waals surface area contributed by atoms with Gasteiger partial charge < -0.3 is 5.32 Å². The van der Waals surface area contributed by atoms with Crippen molar-refractivity contribution in [1.29, 1.82) is 0 Å². The Kier molecular flexibility index (Phi) is 5.02. The normalized spacial score (nSPS) is 12.2. The fourth-order valence-corrected chi connectivity index (χ4v) is 3.29. The number of hydrogen-bond acceptors (Lipinski definition) is 2. The van der Waals surface area contributed by atoms with E-state index in [1.54, 1.807) is 0 Å². The van der Waals surface area contributed by atoms with E-state index in [2.05, 4.69) is 21.2 Å². The third-order valence-electron chi connectivity index (χ3n) is 2.68. The van der Waals surface area contributed by atoms with Crippen LogP contribution < -0.4 is 5.32 Å². The topological polar surface area (TPSA) is 29.1 Å². The van der Waals surface area contributed by atoms with Gasteiger partial charge in [0.2, 0.25) is 0 Å². The van der Waals surface area contributed by atoms with E-state index < -0.39 is 0 Å². The first-order valence-electron chi connectivity index (χ1n) is 5.81. The quantitative estimate of drug-likeness (QED) is 0.799. The molecule has 2 nitrogen and oxygen atoms in total. The number of amides is 1. The Morgan fingerprint density at radius 2 is 2.11 bits per heavy atom. The molecule has 2 rings (SSSR count). The minimum Gasteiger partial charge on any atom is -0.350 e. The summed E-state index contributed by atoms with van der Waals surface area (Å²) in [4.78, 5) is 12.7. The molecule has 0 aliphatic carbocycles. The Balaban J connectivity index is 1.94. The highest BCUT2D eigenvalue weighted by Gasteiger charge is 2.13. The van der Waals surface area contributed by atoms with Crippen LogP contribution in [-0.4, -0.2) is 12.5 Å². The fourth-order valence-electron chi connectivity index (χ4n) is 1.62. The van der Waals surface area contributed by atoms with E-state index >= 15 is 0 Å². The van der Waals surface area contributed by atoms with Crippen LogP contribution in [0, 0.1) is 6.92 Å². The van der Waals surface area contributed by atoms with E-state index in [4.69, 9.17) is 11.6 Å². The van der Waals surface area contributed by atoms with Gasteiger partial charge in [-0.3, -0.25) is 4.79 Å². The molecule has 1 N–H and O–H groups in total. The van der Waals surface area contributed by atoms with Crippen LogP contribution in [0.3, 0.4) is 0 Å². The van der Waals surface area contributed by atoms with Gasteiger partial charge in [-0.2, -0.15) is 0 Å². The lowest BCUT2D eigenvalue weighted by Gasteiger charge is -2.10. The first-order chi connectivity index (χ1) is 9.08. The van der Waals surface area contributed by atoms with E-state index in [0.29, 0.717) is 11.4 Å². The molecule has 0 saturated heterocycles. The highest BCUT2D eigenvalue weighted by Crippen LogP contribution is 2.27. The molecule has 19 heavy (non-hydrogen) atoms.